The van der Waals surface area contributed by atoms with Crippen LogP contribution >= 0.6 is 0 Å². The van der Waals surface area contributed by atoms with Gasteiger partial charge >= 0.3 is 6.61 Å². The van der Waals surface area contributed by atoms with E-state index in [-0.39, 0.29) is 23.8 Å². The number of alkyl halides is 2. The standard InChI is InChI=1S/C17H22F2N2O3/c18-17(19)24-14-7-5-12(6-8-14)21-10-2-4-15(16(21)23)20-9-1-3-13(22)11-20/h5-8,13,15,17,22H,1-4,9-11H2/t13-,15-/m0/s1. The number of amides is 1. The number of hydrogen-bond donors (Lipinski definition) is 1. The molecule has 5 nitrogen and oxygen atoms in total. The van der Waals surface area contributed by atoms with Gasteiger partial charge in [-0.05, 0) is 56.5 Å². The number of carbonyl (C=O) groups is 1. The van der Waals surface area contributed by atoms with Crippen LogP contribution in [0.15, 0.2) is 24.3 Å². The SMILES string of the molecule is O=C1[C@@H](N2CCC[C@H](O)C2)CCCN1c1ccc(OC(F)F)cc1. The Bertz CT molecular complexity index is 567. The van der Waals surface area contributed by atoms with Crippen LogP contribution in [0.3, 0.4) is 0 Å². The van der Waals surface area contributed by atoms with E-state index in [1.165, 1.54) is 12.1 Å². The number of likely N-dealkylation sites (tertiary alicyclic amines) is 1. The second-order valence-electron chi connectivity index (χ2n) is 6.31. The molecule has 0 spiro atoms. The number of piperidine rings is 2. The summed E-state index contributed by atoms with van der Waals surface area (Å²) in [7, 11) is 0. The highest BCUT2D eigenvalue weighted by Crippen LogP contribution is 2.27. The minimum absolute atomic E-state index is 0.0119. The minimum atomic E-state index is -2.86. The normalized spacial score (nSPS) is 26.0. The van der Waals surface area contributed by atoms with Gasteiger partial charge in [0.1, 0.15) is 5.75 Å². The monoisotopic (exact) mass is 340 g/mol. The molecule has 2 aliphatic rings. The fraction of sp³-hybridized carbons (Fsp3) is 0.588. The first-order chi connectivity index (χ1) is 11.5. The lowest BCUT2D eigenvalue weighted by Crippen LogP contribution is -2.55. The fourth-order valence-electron chi connectivity index (χ4n) is 3.53. The van der Waals surface area contributed by atoms with Crippen molar-refractivity contribution in [2.45, 2.75) is 44.4 Å². The number of halogens is 2. The van der Waals surface area contributed by atoms with E-state index in [0.717, 1.165) is 32.2 Å². The molecule has 3 rings (SSSR count). The van der Waals surface area contributed by atoms with Crippen molar-refractivity contribution in [3.05, 3.63) is 24.3 Å². The number of hydrogen-bond acceptors (Lipinski definition) is 4. The summed E-state index contributed by atoms with van der Waals surface area (Å²) < 4.78 is 28.8. The van der Waals surface area contributed by atoms with Gasteiger partial charge in [0.05, 0.1) is 12.1 Å². The predicted octanol–water partition coefficient (Wildman–Crippen LogP) is 2.24. The molecule has 0 aromatic heterocycles. The zero-order valence-corrected chi connectivity index (χ0v) is 13.4. The van der Waals surface area contributed by atoms with Gasteiger partial charge in [-0.25, -0.2) is 0 Å². The molecule has 2 saturated heterocycles. The first kappa shape index (κ1) is 17.1. The Morgan fingerprint density at radius 1 is 1.12 bits per heavy atom. The van der Waals surface area contributed by atoms with Gasteiger partial charge < -0.3 is 14.7 Å². The van der Waals surface area contributed by atoms with Crippen molar-refractivity contribution in [2.24, 2.45) is 0 Å². The Morgan fingerprint density at radius 3 is 2.50 bits per heavy atom. The van der Waals surface area contributed by atoms with Gasteiger partial charge in [-0.3, -0.25) is 9.69 Å². The van der Waals surface area contributed by atoms with Gasteiger partial charge in [-0.2, -0.15) is 8.78 Å². The van der Waals surface area contributed by atoms with Gasteiger partial charge in [0.25, 0.3) is 0 Å². The molecule has 0 bridgehead atoms. The molecular formula is C17H22F2N2O3. The lowest BCUT2D eigenvalue weighted by molar-refractivity contribution is -0.126. The molecule has 1 N–H and O–H groups in total. The van der Waals surface area contributed by atoms with E-state index in [1.54, 1.807) is 17.0 Å². The molecule has 2 aliphatic heterocycles. The number of anilines is 1. The third kappa shape index (κ3) is 3.84. The molecule has 0 radical (unpaired) electrons. The third-order valence-electron chi connectivity index (χ3n) is 4.65. The smallest absolute Gasteiger partial charge is 0.387 e. The van der Waals surface area contributed by atoms with E-state index in [0.29, 0.717) is 18.8 Å². The molecule has 7 heteroatoms. The number of aliphatic hydroxyl groups is 1. The van der Waals surface area contributed by atoms with E-state index in [4.69, 9.17) is 0 Å². The number of nitrogens with zero attached hydrogens (tertiary/aromatic N) is 2. The lowest BCUT2D eigenvalue weighted by atomic mass is 9.98. The number of rotatable bonds is 4. The maximum Gasteiger partial charge on any atom is 0.387 e. The summed E-state index contributed by atoms with van der Waals surface area (Å²) in [6.07, 6.45) is 2.97. The van der Waals surface area contributed by atoms with Crippen LogP contribution in [0.2, 0.25) is 0 Å². The van der Waals surface area contributed by atoms with Crippen LogP contribution in [-0.2, 0) is 4.79 Å². The summed E-state index contributed by atoms with van der Waals surface area (Å²) in [6.45, 7) is -0.892. The molecule has 2 atom stereocenters. The van der Waals surface area contributed by atoms with Crippen molar-refractivity contribution in [2.75, 3.05) is 24.5 Å². The summed E-state index contributed by atoms with van der Waals surface area (Å²) in [5, 5.41) is 9.84. The zero-order chi connectivity index (χ0) is 17.1. The summed E-state index contributed by atoms with van der Waals surface area (Å²) in [6, 6.07) is 5.93. The predicted molar refractivity (Wildman–Crippen MR) is 85.3 cm³/mol. The minimum Gasteiger partial charge on any atom is -0.435 e. The third-order valence-corrected chi connectivity index (χ3v) is 4.65. The van der Waals surface area contributed by atoms with Gasteiger partial charge in [0.2, 0.25) is 5.91 Å². The van der Waals surface area contributed by atoms with Crippen molar-refractivity contribution in [3.63, 3.8) is 0 Å². The number of aliphatic hydroxyl groups excluding tert-OH is 1. The maximum absolute atomic E-state index is 12.8. The summed E-state index contributed by atoms with van der Waals surface area (Å²) in [4.78, 5) is 16.6. The molecule has 0 saturated carbocycles. The van der Waals surface area contributed by atoms with Crippen LogP contribution in [0, 0.1) is 0 Å². The molecule has 2 heterocycles. The van der Waals surface area contributed by atoms with Gasteiger partial charge in [-0.1, -0.05) is 0 Å². The Hall–Kier alpha value is -1.73. The average molecular weight is 340 g/mol. The van der Waals surface area contributed by atoms with Crippen LogP contribution in [0.4, 0.5) is 14.5 Å². The van der Waals surface area contributed by atoms with Crippen molar-refractivity contribution < 1.29 is 23.4 Å². The summed E-state index contributed by atoms with van der Waals surface area (Å²) >= 11 is 0. The van der Waals surface area contributed by atoms with E-state index in [9.17, 15) is 18.7 Å². The highest BCUT2D eigenvalue weighted by atomic mass is 19.3. The second-order valence-corrected chi connectivity index (χ2v) is 6.31. The molecule has 0 unspecified atom stereocenters. The summed E-state index contributed by atoms with van der Waals surface area (Å²) in [5.74, 6) is 0.0896. The molecule has 2 fully saturated rings. The lowest BCUT2D eigenvalue weighted by Gasteiger charge is -2.41. The van der Waals surface area contributed by atoms with Crippen LogP contribution in [0.5, 0.6) is 5.75 Å². The van der Waals surface area contributed by atoms with E-state index >= 15 is 0 Å². The highest BCUT2D eigenvalue weighted by Gasteiger charge is 2.35. The topological polar surface area (TPSA) is 53.0 Å². The average Bonchev–Trinajstić information content (AvgIpc) is 2.55. The number of β-amino-alcohol motifs (C(OH)–C–C–N with tert-alkyl or cyclic N) is 1. The molecule has 132 valence electrons. The van der Waals surface area contributed by atoms with Gasteiger partial charge in [0, 0.05) is 18.8 Å². The molecule has 1 aromatic carbocycles. The quantitative estimate of drug-likeness (QED) is 0.913. The maximum atomic E-state index is 12.8. The molecule has 1 amide bonds. The highest BCUT2D eigenvalue weighted by molar-refractivity contribution is 5.98. The van der Waals surface area contributed by atoms with Crippen LogP contribution < -0.4 is 9.64 Å². The largest absolute Gasteiger partial charge is 0.435 e. The Labute approximate surface area is 139 Å². The van der Waals surface area contributed by atoms with Crippen molar-refractivity contribution in [1.29, 1.82) is 0 Å². The first-order valence-electron chi connectivity index (χ1n) is 8.33. The van der Waals surface area contributed by atoms with E-state index < -0.39 is 6.61 Å². The number of ether oxygens (including phenoxy) is 1. The van der Waals surface area contributed by atoms with Crippen LogP contribution in [0.1, 0.15) is 25.7 Å². The van der Waals surface area contributed by atoms with Gasteiger partial charge in [0.15, 0.2) is 0 Å². The Kier molecular flexibility index (Phi) is 5.30. The van der Waals surface area contributed by atoms with Crippen molar-refractivity contribution in [1.82, 2.24) is 4.90 Å². The second kappa shape index (κ2) is 7.44. The van der Waals surface area contributed by atoms with Crippen molar-refractivity contribution in [3.8, 4) is 5.75 Å². The number of carbonyl (C=O) groups excluding carboxylic acids is 1. The first-order valence-corrected chi connectivity index (χ1v) is 8.33. The zero-order valence-electron chi connectivity index (χ0n) is 13.4. The van der Waals surface area contributed by atoms with Gasteiger partial charge in [-0.15, -0.1) is 0 Å². The molecule has 24 heavy (non-hydrogen) atoms. The fourth-order valence-corrected chi connectivity index (χ4v) is 3.53. The Balaban J connectivity index is 1.70. The molecule has 1 aromatic rings. The summed E-state index contributed by atoms with van der Waals surface area (Å²) in [5.41, 5.74) is 0.684. The van der Waals surface area contributed by atoms with Crippen LogP contribution in [-0.4, -0.2) is 54.3 Å². The van der Waals surface area contributed by atoms with Crippen LogP contribution in [0.25, 0.3) is 0 Å². The Morgan fingerprint density at radius 2 is 1.83 bits per heavy atom. The number of benzene rings is 1. The van der Waals surface area contributed by atoms with E-state index in [1.807, 2.05) is 0 Å². The molecular weight excluding hydrogens is 318 g/mol. The van der Waals surface area contributed by atoms with Crippen molar-refractivity contribution >= 4 is 11.6 Å². The molecule has 0 aliphatic carbocycles. The van der Waals surface area contributed by atoms with E-state index in [2.05, 4.69) is 9.64 Å².